The monoisotopic (exact) mass is 665 g/mol. The van der Waals surface area contributed by atoms with E-state index in [9.17, 15) is 5.41 Å². The average Bonchev–Trinajstić information content (AvgIpc) is 3.56. The van der Waals surface area contributed by atoms with Crippen molar-refractivity contribution in [1.29, 1.82) is 5.41 Å². The van der Waals surface area contributed by atoms with Crippen LogP contribution < -0.4 is 5.49 Å². The van der Waals surface area contributed by atoms with E-state index in [1.165, 1.54) is 55.1 Å². The third-order valence-corrected chi connectivity index (χ3v) is 11.0. The van der Waals surface area contributed by atoms with E-state index in [1.54, 1.807) is 0 Å². The van der Waals surface area contributed by atoms with Gasteiger partial charge < -0.3 is 4.42 Å². The number of para-hydroxylation sites is 1. The summed E-state index contributed by atoms with van der Waals surface area (Å²) in [6, 6.07) is 49.5. The molecule has 0 amide bonds. The maximum absolute atomic E-state index is 9.31. The summed E-state index contributed by atoms with van der Waals surface area (Å²) in [5.41, 5.74) is 10.7. The van der Waals surface area contributed by atoms with Crippen LogP contribution in [-0.2, 0) is 6.42 Å². The predicted molar refractivity (Wildman–Crippen MR) is 215 cm³/mol. The number of hydrogen-bond donors (Lipinski definition) is 1. The first-order chi connectivity index (χ1) is 25.7. The number of hydrogen-bond acceptors (Lipinski definition) is 3. The fourth-order valence-electron chi connectivity index (χ4n) is 8.72. The van der Waals surface area contributed by atoms with Gasteiger partial charge in [-0.05, 0) is 116 Å². The Kier molecular flexibility index (Phi) is 6.20. The Bertz CT molecular complexity index is 3150. The highest BCUT2D eigenvalue weighted by Crippen LogP contribution is 2.46. The summed E-state index contributed by atoms with van der Waals surface area (Å²) in [4.78, 5) is 4.37. The summed E-state index contributed by atoms with van der Waals surface area (Å²) in [5.74, 6) is 0. The van der Waals surface area contributed by atoms with Crippen LogP contribution in [0.15, 0.2) is 156 Å². The van der Waals surface area contributed by atoms with Crippen molar-refractivity contribution in [2.75, 3.05) is 0 Å². The van der Waals surface area contributed by atoms with Crippen molar-refractivity contribution in [2.24, 2.45) is 0 Å². The second kappa shape index (κ2) is 11.1. The number of furan rings is 1. The highest BCUT2D eigenvalue weighted by Gasteiger charge is 2.24. The molecule has 0 atom stereocenters. The van der Waals surface area contributed by atoms with Gasteiger partial charge >= 0.3 is 0 Å². The van der Waals surface area contributed by atoms with Gasteiger partial charge in [0.05, 0.1) is 0 Å². The van der Waals surface area contributed by atoms with E-state index < -0.39 is 0 Å². The van der Waals surface area contributed by atoms with Gasteiger partial charge in [0.15, 0.2) is 0 Å². The molecule has 3 aromatic heterocycles. The number of fused-ring (bicyclic) bond motifs is 9. The van der Waals surface area contributed by atoms with Gasteiger partial charge in [-0.2, -0.15) is 0 Å². The Hall–Kier alpha value is -6.78. The number of aromatic nitrogens is 2. The molecule has 0 unspecified atom stereocenters. The summed E-state index contributed by atoms with van der Waals surface area (Å²) >= 11 is 0. The average molecular weight is 666 g/mol. The van der Waals surface area contributed by atoms with Gasteiger partial charge in [0.1, 0.15) is 16.7 Å². The molecule has 10 aromatic rings. The smallest absolute Gasteiger partial charge is 0.137 e. The normalized spacial score (nSPS) is 13.0. The van der Waals surface area contributed by atoms with E-state index in [4.69, 9.17) is 4.42 Å². The van der Waals surface area contributed by atoms with Crippen LogP contribution in [0.1, 0.15) is 23.2 Å². The fraction of sp³-hybridized carbons (Fsp3) is 0.0417. The molecule has 4 nitrogen and oxygen atoms in total. The van der Waals surface area contributed by atoms with E-state index in [1.807, 2.05) is 30.6 Å². The first-order valence-corrected chi connectivity index (χ1v) is 17.8. The predicted octanol–water partition coefficient (Wildman–Crippen LogP) is 12.0. The zero-order valence-corrected chi connectivity index (χ0v) is 28.2. The molecule has 0 saturated carbocycles. The molecule has 52 heavy (non-hydrogen) atoms. The molecule has 0 fully saturated rings. The van der Waals surface area contributed by atoms with Gasteiger partial charge in [-0.1, -0.05) is 97.1 Å². The molecule has 0 saturated heterocycles. The molecule has 3 heterocycles. The molecule has 0 bridgehead atoms. The van der Waals surface area contributed by atoms with Crippen LogP contribution in [0, 0.1) is 5.41 Å². The molecule has 4 heteroatoms. The minimum Gasteiger partial charge on any atom is -0.456 e. The third kappa shape index (κ3) is 4.21. The van der Waals surface area contributed by atoms with Crippen LogP contribution in [0.4, 0.5) is 0 Å². The summed E-state index contributed by atoms with van der Waals surface area (Å²) < 4.78 is 8.54. The standard InChI is InChI=1S/C48H31N3O/c49-48-39-17-9-4-12-34(39)40-24-30(18-20-43(40)51(48)33-10-2-1-3-11-33)46-35-13-5-7-15-37(35)47(38-16-8-6-14-36(38)46)31-19-21-44-41(25-31)42-26-32-28-50-23-22-29(32)27-45(42)52-44/h1-17,19,21-28,49H,18,20H2. The lowest BCUT2D eigenvalue weighted by Crippen LogP contribution is -2.25. The van der Waals surface area contributed by atoms with E-state index in [0.29, 0.717) is 5.49 Å². The number of nitrogens with zero attached hydrogens (tertiary/aromatic N) is 2. The van der Waals surface area contributed by atoms with Crippen LogP contribution in [0.5, 0.6) is 0 Å². The largest absolute Gasteiger partial charge is 0.456 e. The van der Waals surface area contributed by atoms with Crippen molar-refractivity contribution >= 4 is 76.7 Å². The molecular weight excluding hydrogens is 635 g/mol. The van der Waals surface area contributed by atoms with Crippen LogP contribution >= 0.6 is 0 Å². The van der Waals surface area contributed by atoms with Crippen molar-refractivity contribution in [3.63, 3.8) is 0 Å². The topological polar surface area (TPSA) is 54.8 Å². The summed E-state index contributed by atoms with van der Waals surface area (Å²) in [6.07, 6.45) is 7.88. The van der Waals surface area contributed by atoms with Crippen molar-refractivity contribution in [3.8, 4) is 16.8 Å². The van der Waals surface area contributed by atoms with Gasteiger partial charge in [-0.15, -0.1) is 0 Å². The fourth-order valence-corrected chi connectivity index (χ4v) is 8.72. The van der Waals surface area contributed by atoms with Gasteiger partial charge in [0.2, 0.25) is 0 Å². The van der Waals surface area contributed by atoms with Gasteiger partial charge in [0, 0.05) is 50.9 Å². The number of benzene rings is 7. The minimum absolute atomic E-state index is 0.532. The number of nitrogens with one attached hydrogen (secondary N) is 1. The van der Waals surface area contributed by atoms with Crippen LogP contribution in [0.3, 0.4) is 0 Å². The first-order valence-electron chi connectivity index (χ1n) is 17.8. The molecule has 11 rings (SSSR count). The summed E-state index contributed by atoms with van der Waals surface area (Å²) in [7, 11) is 0. The Labute approximate surface area is 299 Å². The second-order valence-electron chi connectivity index (χ2n) is 13.8. The molecule has 244 valence electrons. The molecule has 0 radical (unpaired) electrons. The number of rotatable bonds is 3. The Balaban J connectivity index is 1.17. The van der Waals surface area contributed by atoms with E-state index in [-0.39, 0.29) is 0 Å². The SMILES string of the molecule is N=c1c2ccccc2c2c(n1-c1ccccc1)CCC(c1c3ccccc3c(-c3ccc4oc5cc6ccncc6cc5c4c3)c3ccccc13)=C2. The van der Waals surface area contributed by atoms with Crippen molar-refractivity contribution in [1.82, 2.24) is 9.55 Å². The minimum atomic E-state index is 0.532. The lowest BCUT2D eigenvalue weighted by Gasteiger charge is -2.26. The van der Waals surface area contributed by atoms with Crippen molar-refractivity contribution in [3.05, 3.63) is 174 Å². The van der Waals surface area contributed by atoms with Crippen molar-refractivity contribution in [2.45, 2.75) is 12.8 Å². The lowest BCUT2D eigenvalue weighted by atomic mass is 9.81. The molecule has 1 N–H and O–H groups in total. The lowest BCUT2D eigenvalue weighted by molar-refractivity contribution is 0.669. The van der Waals surface area contributed by atoms with Crippen molar-refractivity contribution < 1.29 is 4.42 Å². The highest BCUT2D eigenvalue weighted by molar-refractivity contribution is 6.21. The number of pyridine rings is 2. The molecule has 1 aliphatic carbocycles. The van der Waals surface area contributed by atoms with Gasteiger partial charge in [-0.25, -0.2) is 0 Å². The Morgan fingerprint density at radius 3 is 1.94 bits per heavy atom. The highest BCUT2D eigenvalue weighted by atomic mass is 16.3. The van der Waals surface area contributed by atoms with E-state index in [2.05, 4.69) is 137 Å². The Morgan fingerprint density at radius 1 is 0.538 bits per heavy atom. The zero-order valence-electron chi connectivity index (χ0n) is 28.2. The quantitative estimate of drug-likeness (QED) is 0.191. The molecular formula is C48H31N3O. The zero-order chi connectivity index (χ0) is 34.3. The summed E-state index contributed by atoms with van der Waals surface area (Å²) in [6.45, 7) is 0. The number of allylic oxidation sites excluding steroid dienone is 1. The van der Waals surface area contributed by atoms with E-state index in [0.717, 1.165) is 62.0 Å². The molecule has 0 spiro atoms. The maximum atomic E-state index is 9.31. The molecule has 7 aromatic carbocycles. The van der Waals surface area contributed by atoms with Gasteiger partial charge in [-0.3, -0.25) is 15.0 Å². The summed E-state index contributed by atoms with van der Waals surface area (Å²) in [5, 5.41) is 20.8. The van der Waals surface area contributed by atoms with Crippen LogP contribution in [0.25, 0.3) is 93.5 Å². The van der Waals surface area contributed by atoms with E-state index >= 15 is 0 Å². The third-order valence-electron chi connectivity index (χ3n) is 11.0. The molecule has 0 aliphatic heterocycles. The van der Waals surface area contributed by atoms with Gasteiger partial charge in [0.25, 0.3) is 0 Å². The maximum Gasteiger partial charge on any atom is 0.137 e. The second-order valence-corrected chi connectivity index (χ2v) is 13.8. The molecule has 1 aliphatic rings. The Morgan fingerprint density at radius 2 is 1.19 bits per heavy atom. The van der Waals surface area contributed by atoms with Crippen LogP contribution in [-0.4, -0.2) is 9.55 Å². The first kappa shape index (κ1) is 29.0. The van der Waals surface area contributed by atoms with Crippen LogP contribution in [0.2, 0.25) is 0 Å².